The predicted octanol–water partition coefficient (Wildman–Crippen LogP) is 2.16. The van der Waals surface area contributed by atoms with Gasteiger partial charge in [0.1, 0.15) is 0 Å². The predicted molar refractivity (Wildman–Crippen MR) is 103 cm³/mol. The highest BCUT2D eigenvalue weighted by molar-refractivity contribution is 7.99. The second-order valence-corrected chi connectivity index (χ2v) is 10.1. The summed E-state index contributed by atoms with van der Waals surface area (Å²) in [7, 11) is -3.51. The van der Waals surface area contributed by atoms with E-state index in [9.17, 15) is 8.42 Å². The van der Waals surface area contributed by atoms with E-state index in [4.69, 9.17) is 0 Å². The summed E-state index contributed by atoms with van der Waals surface area (Å²) in [6.45, 7) is 8.11. The summed E-state index contributed by atoms with van der Waals surface area (Å²) in [6, 6.07) is 6.89. The van der Waals surface area contributed by atoms with Gasteiger partial charge in [-0.05, 0) is 35.4 Å². The van der Waals surface area contributed by atoms with Gasteiger partial charge < -0.3 is 0 Å². The van der Waals surface area contributed by atoms with Crippen molar-refractivity contribution in [2.24, 2.45) is 5.92 Å². The fraction of sp³-hybridized carbons (Fsp3) is 0.588. The molecule has 0 amide bonds. The molecule has 0 N–H and O–H groups in total. The molecule has 7 nitrogen and oxygen atoms in total. The molecule has 1 aromatic carbocycles. The van der Waals surface area contributed by atoms with Gasteiger partial charge in [0.25, 0.3) is 0 Å². The summed E-state index contributed by atoms with van der Waals surface area (Å²) >= 11 is 1.94. The first-order chi connectivity index (χ1) is 12.4. The topological polar surface area (TPSA) is 81.0 Å². The number of aromatic nitrogens is 4. The molecule has 1 aromatic heterocycles. The van der Waals surface area contributed by atoms with Crippen molar-refractivity contribution in [3.63, 3.8) is 0 Å². The number of sulfone groups is 1. The summed E-state index contributed by atoms with van der Waals surface area (Å²) in [6.07, 6.45) is 0. The van der Waals surface area contributed by atoms with E-state index in [1.165, 1.54) is 4.68 Å². The second kappa shape index (κ2) is 8.06. The average molecular weight is 396 g/mol. The van der Waals surface area contributed by atoms with E-state index >= 15 is 0 Å². The lowest BCUT2D eigenvalue weighted by Crippen LogP contribution is -2.40. The van der Waals surface area contributed by atoms with Gasteiger partial charge >= 0.3 is 0 Å². The van der Waals surface area contributed by atoms with Gasteiger partial charge in [-0.1, -0.05) is 31.5 Å². The van der Waals surface area contributed by atoms with Crippen LogP contribution in [0.3, 0.4) is 0 Å². The number of aryl methyl sites for hydroxylation is 1. The van der Waals surface area contributed by atoms with Crippen molar-refractivity contribution in [2.45, 2.75) is 37.6 Å². The molecule has 1 fully saturated rings. The zero-order chi connectivity index (χ0) is 18.7. The number of hydrogen-bond donors (Lipinski definition) is 0. The maximum Gasteiger partial charge on any atom is 0.198 e. The minimum absolute atomic E-state index is 0.0131. The Morgan fingerprint density at radius 3 is 2.42 bits per heavy atom. The first-order valence-electron chi connectivity index (χ1n) is 8.76. The molecule has 26 heavy (non-hydrogen) atoms. The Hall–Kier alpha value is -1.45. The Morgan fingerprint density at radius 2 is 1.81 bits per heavy atom. The molecule has 2 heterocycles. The van der Waals surface area contributed by atoms with Gasteiger partial charge in [-0.15, -0.1) is 5.10 Å². The lowest BCUT2D eigenvalue weighted by molar-refractivity contribution is 0.159. The number of tetrazole rings is 1. The molecule has 0 bridgehead atoms. The van der Waals surface area contributed by atoms with Crippen LogP contribution in [0.15, 0.2) is 29.2 Å². The standard InChI is InChI=1S/C17H25N5O2S2/c1-13(2)16(21-8-10-25-11-9-21)17-18-19-20-22(17)12-26(23,24)15-6-4-14(3)5-7-15/h4-7,13,16H,8-12H2,1-3H3/t16-/m0/s1. The third-order valence-electron chi connectivity index (χ3n) is 4.57. The molecule has 1 aliphatic rings. The SMILES string of the molecule is Cc1ccc(S(=O)(=O)Cn2nnnc2[C@H](C(C)C)N2CCSCC2)cc1. The van der Waals surface area contributed by atoms with Gasteiger partial charge in [-0.3, -0.25) is 4.90 Å². The van der Waals surface area contributed by atoms with Crippen molar-refractivity contribution < 1.29 is 8.42 Å². The van der Waals surface area contributed by atoms with Crippen LogP contribution in [0.25, 0.3) is 0 Å². The molecule has 1 saturated heterocycles. The van der Waals surface area contributed by atoms with Crippen LogP contribution in [0.1, 0.15) is 31.3 Å². The van der Waals surface area contributed by atoms with Gasteiger partial charge in [-0.2, -0.15) is 11.8 Å². The molecule has 1 atom stereocenters. The Labute approximate surface area is 159 Å². The van der Waals surface area contributed by atoms with Crippen molar-refractivity contribution in [3.8, 4) is 0 Å². The van der Waals surface area contributed by atoms with Crippen LogP contribution >= 0.6 is 11.8 Å². The van der Waals surface area contributed by atoms with Crippen LogP contribution in [0.5, 0.6) is 0 Å². The van der Waals surface area contributed by atoms with Crippen molar-refractivity contribution in [3.05, 3.63) is 35.7 Å². The molecule has 0 radical (unpaired) electrons. The van der Waals surface area contributed by atoms with Crippen LogP contribution < -0.4 is 0 Å². The molecule has 3 rings (SSSR count). The summed E-state index contributed by atoms with van der Waals surface area (Å²) in [4.78, 5) is 2.65. The van der Waals surface area contributed by atoms with E-state index in [-0.39, 0.29) is 17.8 Å². The number of rotatable bonds is 6. The van der Waals surface area contributed by atoms with Crippen LogP contribution in [0, 0.1) is 12.8 Å². The van der Waals surface area contributed by atoms with Gasteiger partial charge in [-0.25, -0.2) is 13.1 Å². The van der Waals surface area contributed by atoms with Crippen LogP contribution in [0.2, 0.25) is 0 Å². The van der Waals surface area contributed by atoms with E-state index in [2.05, 4.69) is 34.3 Å². The zero-order valence-corrected chi connectivity index (χ0v) is 17.0. The highest BCUT2D eigenvalue weighted by atomic mass is 32.2. The Morgan fingerprint density at radius 1 is 1.15 bits per heavy atom. The summed E-state index contributed by atoms with van der Waals surface area (Å²) in [5.74, 6) is 2.82. The fourth-order valence-corrected chi connectivity index (χ4v) is 5.37. The largest absolute Gasteiger partial charge is 0.291 e. The van der Waals surface area contributed by atoms with E-state index in [1.54, 1.807) is 24.3 Å². The van der Waals surface area contributed by atoms with Crippen LogP contribution in [-0.2, 0) is 15.7 Å². The van der Waals surface area contributed by atoms with E-state index in [1.807, 2.05) is 18.7 Å². The fourth-order valence-electron chi connectivity index (χ4n) is 3.24. The first kappa shape index (κ1) is 19.3. The third kappa shape index (κ3) is 4.27. The number of benzene rings is 1. The Bertz CT molecular complexity index is 827. The Kier molecular flexibility index (Phi) is 5.99. The van der Waals surface area contributed by atoms with E-state index in [0.717, 1.165) is 30.2 Å². The first-order valence-corrected chi connectivity index (χ1v) is 11.6. The number of nitrogens with zero attached hydrogens (tertiary/aromatic N) is 5. The summed E-state index contributed by atoms with van der Waals surface area (Å²) in [5, 5.41) is 12.0. The lowest BCUT2D eigenvalue weighted by atomic mass is 10.0. The molecular weight excluding hydrogens is 370 g/mol. The second-order valence-electron chi connectivity index (χ2n) is 6.93. The normalized spacial score (nSPS) is 17.5. The van der Waals surface area contributed by atoms with Gasteiger partial charge in [0.2, 0.25) is 0 Å². The quantitative estimate of drug-likeness (QED) is 0.741. The van der Waals surface area contributed by atoms with E-state index < -0.39 is 9.84 Å². The molecule has 0 saturated carbocycles. The maximum atomic E-state index is 12.8. The molecule has 2 aromatic rings. The van der Waals surface area contributed by atoms with Crippen LogP contribution in [-0.4, -0.2) is 58.1 Å². The van der Waals surface area contributed by atoms with Crippen molar-refractivity contribution in [2.75, 3.05) is 24.6 Å². The smallest absolute Gasteiger partial charge is 0.198 e. The molecule has 0 unspecified atom stereocenters. The maximum absolute atomic E-state index is 12.8. The number of thioether (sulfide) groups is 1. The van der Waals surface area contributed by atoms with Crippen molar-refractivity contribution in [1.82, 2.24) is 25.1 Å². The van der Waals surface area contributed by atoms with Gasteiger partial charge in [0.15, 0.2) is 21.5 Å². The van der Waals surface area contributed by atoms with E-state index in [0.29, 0.717) is 10.7 Å². The van der Waals surface area contributed by atoms with Crippen molar-refractivity contribution >= 4 is 21.6 Å². The average Bonchev–Trinajstić information content (AvgIpc) is 3.03. The molecule has 0 spiro atoms. The van der Waals surface area contributed by atoms with Crippen molar-refractivity contribution in [1.29, 1.82) is 0 Å². The van der Waals surface area contributed by atoms with Gasteiger partial charge in [0.05, 0.1) is 10.9 Å². The third-order valence-corrected chi connectivity index (χ3v) is 7.08. The number of hydrogen-bond acceptors (Lipinski definition) is 7. The lowest BCUT2D eigenvalue weighted by Gasteiger charge is -2.35. The summed E-state index contributed by atoms with van der Waals surface area (Å²) < 4.78 is 27.0. The Balaban J connectivity index is 1.88. The molecular formula is C17H25N5O2S2. The highest BCUT2D eigenvalue weighted by Crippen LogP contribution is 2.29. The molecule has 1 aliphatic heterocycles. The monoisotopic (exact) mass is 395 g/mol. The molecule has 142 valence electrons. The van der Waals surface area contributed by atoms with Crippen LogP contribution in [0.4, 0.5) is 0 Å². The molecule has 9 heteroatoms. The highest BCUT2D eigenvalue weighted by Gasteiger charge is 2.31. The van der Waals surface area contributed by atoms with Gasteiger partial charge in [0, 0.05) is 24.6 Å². The minimum atomic E-state index is -3.51. The molecule has 0 aliphatic carbocycles. The summed E-state index contributed by atoms with van der Waals surface area (Å²) in [5.41, 5.74) is 1.02. The zero-order valence-electron chi connectivity index (χ0n) is 15.4. The minimum Gasteiger partial charge on any atom is -0.291 e.